The number of carbonyl (C=O) groups is 1. The van der Waals surface area contributed by atoms with Gasteiger partial charge in [-0.05, 0) is 42.5 Å². The number of furan rings is 1. The molecule has 0 unspecified atom stereocenters. The molecule has 26 heavy (non-hydrogen) atoms. The van der Waals surface area contributed by atoms with Gasteiger partial charge in [0.1, 0.15) is 11.5 Å². The molecule has 0 aliphatic heterocycles. The maximum Gasteiger partial charge on any atom is 0.371 e. The molecule has 134 valence electrons. The molecule has 0 fully saturated rings. The Bertz CT molecular complexity index is 1040. The largest absolute Gasteiger partial charge is 0.495 e. The highest BCUT2D eigenvalue weighted by Crippen LogP contribution is 2.33. The molecule has 0 atom stereocenters. The van der Waals surface area contributed by atoms with Crippen LogP contribution in [0.15, 0.2) is 70.0 Å². The van der Waals surface area contributed by atoms with E-state index in [0.717, 1.165) is 0 Å². The monoisotopic (exact) mass is 373 g/mol. The van der Waals surface area contributed by atoms with Crippen LogP contribution in [0.1, 0.15) is 10.6 Å². The van der Waals surface area contributed by atoms with E-state index in [2.05, 4.69) is 4.72 Å². The van der Waals surface area contributed by atoms with Crippen LogP contribution in [0.5, 0.6) is 5.75 Å². The molecule has 0 radical (unpaired) electrons. The summed E-state index contributed by atoms with van der Waals surface area (Å²) in [7, 11) is -2.39. The molecular formula is C18H15NO6S. The molecule has 0 saturated heterocycles. The zero-order valence-electron chi connectivity index (χ0n) is 13.7. The van der Waals surface area contributed by atoms with Crippen molar-refractivity contribution in [2.24, 2.45) is 0 Å². The van der Waals surface area contributed by atoms with E-state index in [1.807, 2.05) is 0 Å². The molecule has 0 aliphatic carbocycles. The highest BCUT2D eigenvalue weighted by Gasteiger charge is 2.18. The van der Waals surface area contributed by atoms with Crippen LogP contribution < -0.4 is 9.46 Å². The molecule has 1 aromatic heterocycles. The van der Waals surface area contributed by atoms with Crippen molar-refractivity contribution in [2.45, 2.75) is 4.90 Å². The number of methoxy groups -OCH3 is 1. The maximum atomic E-state index is 12.5. The second-order valence-electron chi connectivity index (χ2n) is 5.30. The molecule has 1 heterocycles. The number of sulfonamides is 1. The van der Waals surface area contributed by atoms with Gasteiger partial charge in [0.2, 0.25) is 5.76 Å². The topological polar surface area (TPSA) is 106 Å². The Labute approximate surface area is 149 Å². The molecule has 3 rings (SSSR count). The van der Waals surface area contributed by atoms with Crippen molar-refractivity contribution in [1.29, 1.82) is 0 Å². The number of nitrogens with one attached hydrogen (secondary N) is 1. The van der Waals surface area contributed by atoms with Gasteiger partial charge in [0.25, 0.3) is 10.0 Å². The van der Waals surface area contributed by atoms with Crippen molar-refractivity contribution >= 4 is 21.7 Å². The molecular weight excluding hydrogens is 358 g/mol. The summed E-state index contributed by atoms with van der Waals surface area (Å²) in [5, 5.41) is 8.96. The first-order chi connectivity index (χ1) is 12.4. The number of hydrogen-bond acceptors (Lipinski definition) is 5. The molecule has 0 spiro atoms. The Hall–Kier alpha value is -3.26. The van der Waals surface area contributed by atoms with E-state index in [4.69, 9.17) is 14.3 Å². The van der Waals surface area contributed by atoms with Gasteiger partial charge in [0, 0.05) is 5.56 Å². The number of aromatic carboxylic acids is 1. The maximum absolute atomic E-state index is 12.5. The normalized spacial score (nSPS) is 11.1. The van der Waals surface area contributed by atoms with Gasteiger partial charge in [0.05, 0.1) is 17.7 Å². The van der Waals surface area contributed by atoms with Gasteiger partial charge in [-0.1, -0.05) is 18.2 Å². The minimum absolute atomic E-state index is 0.110. The average molecular weight is 373 g/mol. The fraction of sp³-hybridized carbons (Fsp3) is 0.0556. The summed E-state index contributed by atoms with van der Waals surface area (Å²) in [4.78, 5) is 11.1. The second kappa shape index (κ2) is 6.93. The van der Waals surface area contributed by atoms with Gasteiger partial charge in [-0.3, -0.25) is 4.72 Å². The third-order valence-electron chi connectivity index (χ3n) is 3.60. The van der Waals surface area contributed by atoms with E-state index < -0.39 is 16.0 Å². The third-order valence-corrected chi connectivity index (χ3v) is 4.98. The number of rotatable bonds is 6. The Morgan fingerprint density at radius 3 is 2.42 bits per heavy atom. The minimum Gasteiger partial charge on any atom is -0.495 e. The van der Waals surface area contributed by atoms with Crippen LogP contribution in [-0.2, 0) is 10.0 Å². The van der Waals surface area contributed by atoms with Crippen molar-refractivity contribution in [3.63, 3.8) is 0 Å². The number of carboxylic acids is 1. The van der Waals surface area contributed by atoms with Crippen molar-refractivity contribution in [3.05, 3.63) is 66.4 Å². The summed E-state index contributed by atoms with van der Waals surface area (Å²) < 4.78 is 38.0. The van der Waals surface area contributed by atoms with Gasteiger partial charge < -0.3 is 14.3 Å². The fourth-order valence-corrected chi connectivity index (χ4v) is 3.43. The van der Waals surface area contributed by atoms with Gasteiger partial charge in [0.15, 0.2) is 0 Å². The van der Waals surface area contributed by atoms with Crippen LogP contribution >= 0.6 is 0 Å². The van der Waals surface area contributed by atoms with E-state index in [-0.39, 0.29) is 16.3 Å². The van der Waals surface area contributed by atoms with Crippen molar-refractivity contribution < 1.29 is 27.5 Å². The molecule has 0 aliphatic rings. The van der Waals surface area contributed by atoms with Crippen LogP contribution in [0.2, 0.25) is 0 Å². The summed E-state index contributed by atoms with van der Waals surface area (Å²) in [5.74, 6) is -0.777. The van der Waals surface area contributed by atoms with E-state index in [1.165, 1.54) is 37.4 Å². The van der Waals surface area contributed by atoms with Crippen LogP contribution in [0.25, 0.3) is 11.3 Å². The lowest BCUT2D eigenvalue weighted by Gasteiger charge is -2.13. The number of hydrogen-bond donors (Lipinski definition) is 2. The first-order valence-electron chi connectivity index (χ1n) is 7.50. The molecule has 3 aromatic rings. The van der Waals surface area contributed by atoms with E-state index in [0.29, 0.717) is 17.1 Å². The van der Waals surface area contributed by atoms with Gasteiger partial charge in [-0.15, -0.1) is 0 Å². The number of ether oxygens (including phenoxy) is 1. The average Bonchev–Trinajstić information content (AvgIpc) is 3.12. The Morgan fingerprint density at radius 1 is 1.08 bits per heavy atom. The number of benzene rings is 2. The summed E-state index contributed by atoms with van der Waals surface area (Å²) in [6, 6.07) is 15.5. The molecule has 2 aromatic carbocycles. The van der Waals surface area contributed by atoms with Crippen LogP contribution in [-0.4, -0.2) is 26.6 Å². The Kier molecular flexibility index (Phi) is 4.68. The molecule has 0 amide bonds. The third kappa shape index (κ3) is 3.55. The smallest absolute Gasteiger partial charge is 0.371 e. The highest BCUT2D eigenvalue weighted by atomic mass is 32.2. The first-order valence-corrected chi connectivity index (χ1v) is 8.98. The molecule has 7 nitrogen and oxygen atoms in total. The minimum atomic E-state index is -3.81. The SMILES string of the molecule is COc1ccc(-c2ccc(C(=O)O)o2)cc1NS(=O)(=O)c1ccccc1. The summed E-state index contributed by atoms with van der Waals surface area (Å²) in [5.41, 5.74) is 0.714. The Morgan fingerprint density at radius 2 is 1.81 bits per heavy atom. The van der Waals surface area contributed by atoms with Crippen molar-refractivity contribution in [3.8, 4) is 17.1 Å². The summed E-state index contributed by atoms with van der Waals surface area (Å²) in [6.45, 7) is 0. The standard InChI is InChI=1S/C18H15NO6S/c1-24-16-8-7-12(15-9-10-17(25-15)18(20)21)11-14(16)19-26(22,23)13-5-3-2-4-6-13/h2-11,19H,1H3,(H,20,21). The van der Waals surface area contributed by atoms with E-state index >= 15 is 0 Å². The lowest BCUT2D eigenvalue weighted by Crippen LogP contribution is -2.13. The van der Waals surface area contributed by atoms with Crippen LogP contribution in [0.4, 0.5) is 5.69 Å². The van der Waals surface area contributed by atoms with E-state index in [9.17, 15) is 13.2 Å². The van der Waals surface area contributed by atoms with Gasteiger partial charge in [-0.25, -0.2) is 13.2 Å². The Balaban J connectivity index is 1.99. The lowest BCUT2D eigenvalue weighted by atomic mass is 10.1. The highest BCUT2D eigenvalue weighted by molar-refractivity contribution is 7.92. The molecule has 0 bridgehead atoms. The number of anilines is 1. The van der Waals surface area contributed by atoms with Crippen LogP contribution in [0, 0.1) is 0 Å². The lowest BCUT2D eigenvalue weighted by molar-refractivity contribution is 0.0663. The van der Waals surface area contributed by atoms with Crippen molar-refractivity contribution in [1.82, 2.24) is 0 Å². The predicted molar refractivity (Wildman–Crippen MR) is 94.9 cm³/mol. The van der Waals surface area contributed by atoms with Gasteiger partial charge in [-0.2, -0.15) is 0 Å². The van der Waals surface area contributed by atoms with E-state index in [1.54, 1.807) is 30.3 Å². The quantitative estimate of drug-likeness (QED) is 0.685. The summed E-state index contributed by atoms with van der Waals surface area (Å²) >= 11 is 0. The second-order valence-corrected chi connectivity index (χ2v) is 6.99. The number of carboxylic acid groups (broad SMARTS) is 1. The zero-order valence-corrected chi connectivity index (χ0v) is 14.5. The molecule has 2 N–H and O–H groups in total. The van der Waals surface area contributed by atoms with Gasteiger partial charge >= 0.3 is 5.97 Å². The zero-order chi connectivity index (χ0) is 18.7. The van der Waals surface area contributed by atoms with Crippen LogP contribution in [0.3, 0.4) is 0 Å². The molecule has 8 heteroatoms. The van der Waals surface area contributed by atoms with Crippen molar-refractivity contribution in [2.75, 3.05) is 11.8 Å². The predicted octanol–water partition coefficient (Wildman–Crippen LogP) is 3.45. The molecule has 0 saturated carbocycles. The summed E-state index contributed by atoms with van der Waals surface area (Å²) in [6.07, 6.45) is 0. The first kappa shape index (κ1) is 17.6. The fourth-order valence-electron chi connectivity index (χ4n) is 2.35.